The molecule has 0 fully saturated rings. The van der Waals surface area contributed by atoms with Gasteiger partial charge in [0.15, 0.2) is 5.16 Å². The third-order valence-corrected chi connectivity index (χ3v) is 6.85. The van der Waals surface area contributed by atoms with Crippen LogP contribution in [0.3, 0.4) is 0 Å². The largest absolute Gasteiger partial charge is 0.467 e. The van der Waals surface area contributed by atoms with Crippen LogP contribution in [0.2, 0.25) is 5.02 Å². The SMILES string of the molecule is O=C(CSc1nncn1-c1cccc(Cl)c1)N1N=C(c2cccs2)CC1c1ccco1. The normalized spacial score (nSPS) is 16.0. The highest BCUT2D eigenvalue weighted by Crippen LogP contribution is 2.35. The van der Waals surface area contributed by atoms with E-state index < -0.39 is 0 Å². The summed E-state index contributed by atoms with van der Waals surface area (Å²) in [6.45, 7) is 0. The minimum Gasteiger partial charge on any atom is -0.467 e. The average molecular weight is 470 g/mol. The van der Waals surface area contributed by atoms with Crippen molar-refractivity contribution in [2.75, 3.05) is 5.75 Å². The Bertz CT molecular complexity index is 1220. The van der Waals surface area contributed by atoms with E-state index in [4.69, 9.17) is 16.0 Å². The van der Waals surface area contributed by atoms with E-state index in [1.807, 2.05) is 47.8 Å². The fourth-order valence-corrected chi connectivity index (χ4v) is 5.04. The van der Waals surface area contributed by atoms with Gasteiger partial charge in [0.1, 0.15) is 18.1 Å². The Morgan fingerprint density at radius 2 is 2.19 bits per heavy atom. The standard InChI is InChI=1S/C21H16ClN5O2S2/c22-14-4-1-5-15(10-14)26-13-23-24-21(26)31-12-20(28)27-17(18-6-2-8-29-18)11-16(25-27)19-7-3-9-30-19/h1-10,13,17H,11-12H2. The fourth-order valence-electron chi connectivity index (χ4n) is 3.35. The molecule has 1 amide bonds. The molecule has 1 aliphatic heterocycles. The quantitative estimate of drug-likeness (QED) is 0.369. The van der Waals surface area contributed by atoms with Crippen LogP contribution in [0.4, 0.5) is 0 Å². The van der Waals surface area contributed by atoms with Crippen LogP contribution in [0, 0.1) is 0 Å². The Labute approximate surface area is 191 Å². The first-order valence-electron chi connectivity index (χ1n) is 9.44. The van der Waals surface area contributed by atoms with Crippen LogP contribution >= 0.6 is 34.7 Å². The van der Waals surface area contributed by atoms with E-state index in [9.17, 15) is 4.79 Å². The van der Waals surface area contributed by atoms with Gasteiger partial charge < -0.3 is 4.42 Å². The highest BCUT2D eigenvalue weighted by atomic mass is 35.5. The Balaban J connectivity index is 1.35. The molecule has 0 bridgehead atoms. The number of nitrogens with zero attached hydrogens (tertiary/aromatic N) is 5. The van der Waals surface area contributed by atoms with Crippen LogP contribution in [0.5, 0.6) is 0 Å². The predicted octanol–water partition coefficient (Wildman–Crippen LogP) is 5.05. The maximum Gasteiger partial charge on any atom is 0.253 e. The molecule has 1 aliphatic rings. The van der Waals surface area contributed by atoms with Crippen LogP contribution in [-0.2, 0) is 4.79 Å². The molecule has 7 nitrogen and oxygen atoms in total. The predicted molar refractivity (Wildman–Crippen MR) is 121 cm³/mol. The van der Waals surface area contributed by atoms with Gasteiger partial charge in [0.05, 0.1) is 28.3 Å². The number of carbonyl (C=O) groups is 1. The summed E-state index contributed by atoms with van der Waals surface area (Å²) in [5.41, 5.74) is 1.72. The maximum absolute atomic E-state index is 13.1. The van der Waals surface area contributed by atoms with Gasteiger partial charge in [-0.05, 0) is 41.8 Å². The van der Waals surface area contributed by atoms with Gasteiger partial charge in [-0.3, -0.25) is 9.36 Å². The molecule has 0 spiro atoms. The van der Waals surface area contributed by atoms with Gasteiger partial charge in [0.25, 0.3) is 5.91 Å². The molecule has 156 valence electrons. The Hall–Kier alpha value is -2.88. The van der Waals surface area contributed by atoms with Crippen molar-refractivity contribution in [3.05, 3.63) is 82.2 Å². The van der Waals surface area contributed by atoms with Crippen molar-refractivity contribution in [3.63, 3.8) is 0 Å². The lowest BCUT2D eigenvalue weighted by Crippen LogP contribution is -2.28. The van der Waals surface area contributed by atoms with Gasteiger partial charge in [0, 0.05) is 11.4 Å². The van der Waals surface area contributed by atoms with E-state index in [1.165, 1.54) is 16.8 Å². The second-order valence-corrected chi connectivity index (χ2v) is 9.08. The molecular weight excluding hydrogens is 454 g/mol. The number of thioether (sulfide) groups is 1. The third-order valence-electron chi connectivity index (χ3n) is 4.77. The zero-order chi connectivity index (χ0) is 21.2. The van der Waals surface area contributed by atoms with Crippen molar-refractivity contribution in [2.45, 2.75) is 17.6 Å². The molecule has 3 aromatic heterocycles. The topological polar surface area (TPSA) is 76.5 Å². The fraction of sp³-hybridized carbons (Fsp3) is 0.143. The monoisotopic (exact) mass is 469 g/mol. The van der Waals surface area contributed by atoms with Crippen molar-refractivity contribution >= 4 is 46.3 Å². The minimum atomic E-state index is -0.258. The lowest BCUT2D eigenvalue weighted by atomic mass is 10.1. The molecule has 1 unspecified atom stereocenters. The van der Waals surface area contributed by atoms with E-state index in [2.05, 4.69) is 15.3 Å². The number of benzene rings is 1. The van der Waals surface area contributed by atoms with Gasteiger partial charge >= 0.3 is 0 Å². The third kappa shape index (κ3) is 4.16. The molecule has 1 aromatic carbocycles. The molecule has 0 aliphatic carbocycles. The Morgan fingerprint density at radius 1 is 1.26 bits per heavy atom. The van der Waals surface area contributed by atoms with Gasteiger partial charge in [0.2, 0.25) is 0 Å². The lowest BCUT2D eigenvalue weighted by molar-refractivity contribution is -0.130. The number of furan rings is 1. The van der Waals surface area contributed by atoms with Crippen molar-refractivity contribution in [2.24, 2.45) is 5.10 Å². The zero-order valence-electron chi connectivity index (χ0n) is 16.1. The van der Waals surface area contributed by atoms with Crippen molar-refractivity contribution in [1.29, 1.82) is 0 Å². The summed E-state index contributed by atoms with van der Waals surface area (Å²) >= 11 is 9.02. The first-order valence-corrected chi connectivity index (χ1v) is 11.7. The van der Waals surface area contributed by atoms with Gasteiger partial charge in [-0.25, -0.2) is 5.01 Å². The molecule has 4 heterocycles. The van der Waals surface area contributed by atoms with E-state index in [0.717, 1.165) is 22.0 Å². The number of halogens is 1. The first kappa shape index (κ1) is 20.0. The second-order valence-electron chi connectivity index (χ2n) is 6.75. The zero-order valence-corrected chi connectivity index (χ0v) is 18.5. The smallest absolute Gasteiger partial charge is 0.253 e. The number of hydrogen-bond donors (Lipinski definition) is 0. The Kier molecular flexibility index (Phi) is 5.63. The van der Waals surface area contributed by atoms with Crippen molar-refractivity contribution in [1.82, 2.24) is 19.8 Å². The number of thiophene rings is 1. The number of hydrazone groups is 1. The second kappa shape index (κ2) is 8.70. The van der Waals surface area contributed by atoms with E-state index in [-0.39, 0.29) is 17.7 Å². The summed E-state index contributed by atoms with van der Waals surface area (Å²) in [6.07, 6.45) is 3.83. The van der Waals surface area contributed by atoms with Crippen LogP contribution in [-0.4, -0.2) is 37.1 Å². The lowest BCUT2D eigenvalue weighted by Gasteiger charge is -2.19. The summed E-state index contributed by atoms with van der Waals surface area (Å²) in [4.78, 5) is 14.2. The van der Waals surface area contributed by atoms with E-state index in [1.54, 1.807) is 34.6 Å². The Morgan fingerprint density at radius 3 is 2.97 bits per heavy atom. The number of rotatable bonds is 6. The van der Waals surface area contributed by atoms with Crippen LogP contribution in [0.15, 0.2) is 81.2 Å². The van der Waals surface area contributed by atoms with Crippen molar-refractivity contribution in [3.8, 4) is 5.69 Å². The van der Waals surface area contributed by atoms with Crippen LogP contribution in [0.25, 0.3) is 5.69 Å². The molecule has 4 aromatic rings. The molecule has 31 heavy (non-hydrogen) atoms. The molecule has 0 radical (unpaired) electrons. The molecule has 10 heteroatoms. The molecule has 1 atom stereocenters. The van der Waals surface area contributed by atoms with E-state index in [0.29, 0.717) is 16.6 Å². The number of amides is 1. The minimum absolute atomic E-state index is 0.126. The summed E-state index contributed by atoms with van der Waals surface area (Å²) < 4.78 is 7.40. The molecular formula is C21H16ClN5O2S2. The van der Waals surface area contributed by atoms with E-state index >= 15 is 0 Å². The van der Waals surface area contributed by atoms with Crippen molar-refractivity contribution < 1.29 is 9.21 Å². The molecule has 0 saturated heterocycles. The van der Waals surface area contributed by atoms with Gasteiger partial charge in [-0.2, -0.15) is 5.10 Å². The summed E-state index contributed by atoms with van der Waals surface area (Å²) in [5, 5.41) is 17.5. The van der Waals surface area contributed by atoms with Crippen LogP contribution < -0.4 is 0 Å². The molecule has 0 N–H and O–H groups in total. The maximum atomic E-state index is 13.1. The van der Waals surface area contributed by atoms with Gasteiger partial charge in [-0.15, -0.1) is 21.5 Å². The molecule has 0 saturated carbocycles. The average Bonchev–Trinajstić information content (AvgIpc) is 3.56. The number of carbonyl (C=O) groups excluding carboxylic acids is 1. The van der Waals surface area contributed by atoms with Crippen LogP contribution in [0.1, 0.15) is 23.1 Å². The first-order chi connectivity index (χ1) is 15.2. The summed E-state index contributed by atoms with van der Waals surface area (Å²) in [6, 6.07) is 14.8. The number of hydrogen-bond acceptors (Lipinski definition) is 7. The summed E-state index contributed by atoms with van der Waals surface area (Å²) in [5.74, 6) is 0.756. The van der Waals surface area contributed by atoms with Gasteiger partial charge in [-0.1, -0.05) is 35.5 Å². The number of aromatic nitrogens is 3. The highest BCUT2D eigenvalue weighted by Gasteiger charge is 2.35. The molecule has 5 rings (SSSR count). The highest BCUT2D eigenvalue weighted by molar-refractivity contribution is 7.99. The summed E-state index contributed by atoms with van der Waals surface area (Å²) in [7, 11) is 0.